The summed E-state index contributed by atoms with van der Waals surface area (Å²) >= 11 is 0. The molecular formula is C13H15NO2. The molecule has 1 aromatic carbocycles. The molecule has 0 aliphatic heterocycles. The number of benzene rings is 1. The molecule has 2 rings (SSSR count). The third kappa shape index (κ3) is 2.49. The van der Waals surface area contributed by atoms with Crippen LogP contribution >= 0.6 is 0 Å². The van der Waals surface area contributed by atoms with Gasteiger partial charge in [0.15, 0.2) is 5.89 Å². The summed E-state index contributed by atoms with van der Waals surface area (Å²) in [6.07, 6.45) is 1.26. The quantitative estimate of drug-likeness (QED) is 0.853. The maximum absolute atomic E-state index is 8.86. The molecule has 1 heterocycles. The summed E-state index contributed by atoms with van der Waals surface area (Å²) < 4.78 is 5.55. The summed E-state index contributed by atoms with van der Waals surface area (Å²) in [7, 11) is 0. The average Bonchev–Trinajstić information content (AvgIpc) is 2.61. The second kappa shape index (κ2) is 4.94. The molecule has 3 heteroatoms. The van der Waals surface area contributed by atoms with Gasteiger partial charge in [0.05, 0.1) is 5.69 Å². The van der Waals surface area contributed by atoms with Crippen molar-refractivity contribution >= 4 is 0 Å². The number of rotatable bonds is 4. The lowest BCUT2D eigenvalue weighted by molar-refractivity contribution is 0.297. The van der Waals surface area contributed by atoms with E-state index in [2.05, 4.69) is 4.98 Å². The fourth-order valence-electron chi connectivity index (χ4n) is 1.67. The van der Waals surface area contributed by atoms with Gasteiger partial charge in [-0.05, 0) is 12.5 Å². The van der Waals surface area contributed by atoms with Gasteiger partial charge in [-0.3, -0.25) is 0 Å². The normalized spacial score (nSPS) is 10.6. The minimum atomic E-state index is 0.109. The van der Waals surface area contributed by atoms with Crippen LogP contribution in [0.4, 0.5) is 0 Å². The minimum absolute atomic E-state index is 0.109. The van der Waals surface area contributed by atoms with Gasteiger partial charge >= 0.3 is 0 Å². The summed E-state index contributed by atoms with van der Waals surface area (Å²) in [5, 5.41) is 8.86. The highest BCUT2D eigenvalue weighted by molar-refractivity contribution is 5.19. The topological polar surface area (TPSA) is 46.3 Å². The highest BCUT2D eigenvalue weighted by atomic mass is 16.4. The Morgan fingerprint density at radius 3 is 2.69 bits per heavy atom. The van der Waals surface area contributed by atoms with Crippen molar-refractivity contribution in [3.05, 3.63) is 53.2 Å². The van der Waals surface area contributed by atoms with E-state index in [1.165, 1.54) is 5.56 Å². The number of hydrogen-bond acceptors (Lipinski definition) is 3. The third-order valence-electron chi connectivity index (χ3n) is 2.48. The molecule has 0 amide bonds. The van der Waals surface area contributed by atoms with Crippen LogP contribution in [0.2, 0.25) is 0 Å². The van der Waals surface area contributed by atoms with Gasteiger partial charge in [-0.15, -0.1) is 0 Å². The van der Waals surface area contributed by atoms with Gasteiger partial charge in [0, 0.05) is 19.4 Å². The molecule has 0 fully saturated rings. The zero-order valence-corrected chi connectivity index (χ0v) is 9.31. The van der Waals surface area contributed by atoms with E-state index in [4.69, 9.17) is 9.52 Å². The molecule has 0 aliphatic carbocycles. The van der Waals surface area contributed by atoms with Crippen molar-refractivity contribution in [3.8, 4) is 0 Å². The molecule has 3 nitrogen and oxygen atoms in total. The van der Waals surface area contributed by atoms with E-state index in [-0.39, 0.29) is 6.61 Å². The number of aliphatic hydroxyl groups excluding tert-OH is 1. The molecule has 0 saturated carbocycles. The second-order valence-corrected chi connectivity index (χ2v) is 3.75. The molecule has 1 aromatic heterocycles. The van der Waals surface area contributed by atoms with Crippen LogP contribution in [0.3, 0.4) is 0 Å². The first-order chi connectivity index (χ1) is 7.79. The van der Waals surface area contributed by atoms with Gasteiger partial charge < -0.3 is 9.52 Å². The molecule has 0 unspecified atom stereocenters. The van der Waals surface area contributed by atoms with Crippen LogP contribution < -0.4 is 0 Å². The molecule has 0 radical (unpaired) electrons. The van der Waals surface area contributed by atoms with Crippen LogP contribution in [-0.2, 0) is 12.8 Å². The summed E-state index contributed by atoms with van der Waals surface area (Å²) in [5.41, 5.74) is 2.03. The largest absolute Gasteiger partial charge is 0.445 e. The van der Waals surface area contributed by atoms with Gasteiger partial charge in [-0.1, -0.05) is 30.3 Å². The predicted octanol–water partition coefficient (Wildman–Crippen LogP) is 2.11. The van der Waals surface area contributed by atoms with Crippen LogP contribution in [0, 0.1) is 6.92 Å². The maximum atomic E-state index is 8.86. The van der Waals surface area contributed by atoms with Crippen molar-refractivity contribution < 1.29 is 9.52 Å². The maximum Gasteiger partial charge on any atom is 0.199 e. The van der Waals surface area contributed by atoms with E-state index in [0.29, 0.717) is 18.7 Å². The lowest BCUT2D eigenvalue weighted by Crippen LogP contribution is -1.94. The van der Waals surface area contributed by atoms with Crippen molar-refractivity contribution in [1.82, 2.24) is 4.98 Å². The van der Waals surface area contributed by atoms with Gasteiger partial charge in [-0.2, -0.15) is 0 Å². The predicted molar refractivity (Wildman–Crippen MR) is 61.3 cm³/mol. The molecular weight excluding hydrogens is 202 g/mol. The van der Waals surface area contributed by atoms with Crippen LogP contribution in [0.15, 0.2) is 34.7 Å². The van der Waals surface area contributed by atoms with E-state index in [9.17, 15) is 0 Å². The lowest BCUT2D eigenvalue weighted by Gasteiger charge is -1.95. The Hall–Kier alpha value is -1.61. The fourth-order valence-corrected chi connectivity index (χ4v) is 1.67. The molecule has 0 saturated heterocycles. The molecule has 0 bridgehead atoms. The first kappa shape index (κ1) is 10.9. The van der Waals surface area contributed by atoms with Crippen LogP contribution in [0.25, 0.3) is 0 Å². The highest BCUT2D eigenvalue weighted by Crippen LogP contribution is 2.14. The Bertz CT molecular complexity index is 448. The fraction of sp³-hybridized carbons (Fsp3) is 0.308. The van der Waals surface area contributed by atoms with Crippen molar-refractivity contribution in [2.45, 2.75) is 19.8 Å². The monoisotopic (exact) mass is 217 g/mol. The van der Waals surface area contributed by atoms with Crippen molar-refractivity contribution in [2.24, 2.45) is 0 Å². The number of oxazole rings is 1. The zero-order valence-electron chi connectivity index (χ0n) is 9.31. The molecule has 84 valence electrons. The number of hydrogen-bond donors (Lipinski definition) is 1. The zero-order chi connectivity index (χ0) is 11.4. The minimum Gasteiger partial charge on any atom is -0.445 e. The van der Waals surface area contributed by atoms with Crippen molar-refractivity contribution in [1.29, 1.82) is 0 Å². The number of aromatic nitrogens is 1. The first-order valence-electron chi connectivity index (χ1n) is 5.39. The Morgan fingerprint density at radius 1 is 1.25 bits per heavy atom. The summed E-state index contributed by atoms with van der Waals surface area (Å²) in [4.78, 5) is 4.37. The third-order valence-corrected chi connectivity index (χ3v) is 2.48. The molecule has 1 N–H and O–H groups in total. The van der Waals surface area contributed by atoms with Gasteiger partial charge in [0.25, 0.3) is 0 Å². The molecule has 2 aromatic rings. The SMILES string of the molecule is Cc1oc(Cc2ccccc2)nc1CCO. The number of aryl methyl sites for hydroxylation is 1. The summed E-state index contributed by atoms with van der Waals surface area (Å²) in [6, 6.07) is 10.1. The molecule has 16 heavy (non-hydrogen) atoms. The summed E-state index contributed by atoms with van der Waals surface area (Å²) in [5.74, 6) is 1.52. The van der Waals surface area contributed by atoms with Crippen LogP contribution in [0.1, 0.15) is 22.9 Å². The average molecular weight is 217 g/mol. The van der Waals surface area contributed by atoms with E-state index >= 15 is 0 Å². The van der Waals surface area contributed by atoms with Crippen molar-refractivity contribution in [3.63, 3.8) is 0 Å². The van der Waals surface area contributed by atoms with Gasteiger partial charge in [-0.25, -0.2) is 4.98 Å². The Kier molecular flexibility index (Phi) is 3.37. The molecule has 0 aliphatic rings. The molecule has 0 atom stereocenters. The lowest BCUT2D eigenvalue weighted by atomic mass is 10.1. The Morgan fingerprint density at radius 2 is 2.00 bits per heavy atom. The van der Waals surface area contributed by atoms with Crippen LogP contribution in [0.5, 0.6) is 0 Å². The van der Waals surface area contributed by atoms with Gasteiger partial charge in [0.2, 0.25) is 0 Å². The Balaban J connectivity index is 2.13. The standard InChI is InChI=1S/C13H15NO2/c1-10-12(7-8-15)14-13(16-10)9-11-5-3-2-4-6-11/h2-6,15H,7-9H2,1H3. The van der Waals surface area contributed by atoms with Crippen molar-refractivity contribution in [2.75, 3.05) is 6.61 Å². The van der Waals surface area contributed by atoms with Crippen LogP contribution in [-0.4, -0.2) is 16.7 Å². The summed E-state index contributed by atoms with van der Waals surface area (Å²) in [6.45, 7) is 1.99. The Labute approximate surface area is 94.8 Å². The smallest absolute Gasteiger partial charge is 0.199 e. The molecule has 0 spiro atoms. The first-order valence-corrected chi connectivity index (χ1v) is 5.39. The number of nitrogens with zero attached hydrogens (tertiary/aromatic N) is 1. The van der Waals surface area contributed by atoms with E-state index in [1.54, 1.807) is 0 Å². The van der Waals surface area contributed by atoms with E-state index < -0.39 is 0 Å². The van der Waals surface area contributed by atoms with E-state index in [0.717, 1.165) is 11.5 Å². The van der Waals surface area contributed by atoms with Gasteiger partial charge in [0.1, 0.15) is 5.76 Å². The highest BCUT2D eigenvalue weighted by Gasteiger charge is 2.09. The number of aliphatic hydroxyl groups is 1. The van der Waals surface area contributed by atoms with E-state index in [1.807, 2.05) is 37.3 Å². The second-order valence-electron chi connectivity index (χ2n) is 3.75.